The Morgan fingerprint density at radius 2 is 1.66 bits per heavy atom. The molecule has 1 heterocycles. The van der Waals surface area contributed by atoms with Crippen molar-refractivity contribution < 1.29 is 19.4 Å². The van der Waals surface area contributed by atoms with Crippen LogP contribution >= 0.6 is 0 Å². The van der Waals surface area contributed by atoms with Crippen LogP contribution in [0.5, 0.6) is 0 Å². The van der Waals surface area contributed by atoms with Crippen LogP contribution in [0.4, 0.5) is 15.3 Å². The van der Waals surface area contributed by atoms with E-state index in [0.717, 1.165) is 5.56 Å². The summed E-state index contributed by atoms with van der Waals surface area (Å²) in [5, 5.41) is 11.5. The van der Waals surface area contributed by atoms with E-state index in [4.69, 9.17) is 4.74 Å². The molecule has 2 N–H and O–H groups in total. The van der Waals surface area contributed by atoms with Crippen molar-refractivity contribution in [3.05, 3.63) is 64.1 Å². The van der Waals surface area contributed by atoms with Gasteiger partial charge in [0, 0.05) is 5.69 Å². The van der Waals surface area contributed by atoms with Gasteiger partial charge in [-0.05, 0) is 29.5 Å². The molecular weight excluding hydrogens is 372 g/mol. The number of amides is 1. The van der Waals surface area contributed by atoms with Gasteiger partial charge in [0.25, 0.3) is 5.56 Å². The van der Waals surface area contributed by atoms with E-state index in [0.29, 0.717) is 28.5 Å². The third kappa shape index (κ3) is 9.10. The minimum Gasteiger partial charge on any atom is -0.464 e. The lowest BCUT2D eigenvalue weighted by atomic mass is 10.0. The smallest absolute Gasteiger partial charge is 0.418 e. The van der Waals surface area contributed by atoms with Crippen molar-refractivity contribution in [1.82, 2.24) is 4.57 Å². The Bertz CT molecular complexity index is 861. The Kier molecular flexibility index (Phi) is 9.12. The quantitative estimate of drug-likeness (QED) is 0.723. The van der Waals surface area contributed by atoms with Crippen LogP contribution in [0.25, 0.3) is 0 Å². The molecule has 2 aromatic rings. The highest BCUT2D eigenvalue weighted by molar-refractivity contribution is 5.85. The minimum absolute atomic E-state index is 0.0493. The monoisotopic (exact) mass is 402 g/mol. The third-order valence-corrected chi connectivity index (χ3v) is 3.31. The van der Waals surface area contributed by atoms with Gasteiger partial charge in [0.1, 0.15) is 12.3 Å². The zero-order chi connectivity index (χ0) is 22.0. The van der Waals surface area contributed by atoms with Crippen molar-refractivity contribution >= 4 is 17.9 Å². The number of benzene rings is 1. The van der Waals surface area contributed by atoms with Gasteiger partial charge in [-0.3, -0.25) is 10.1 Å². The van der Waals surface area contributed by atoms with Crippen LogP contribution in [-0.2, 0) is 17.8 Å². The lowest BCUT2D eigenvalue weighted by Gasteiger charge is -2.11. The fourth-order valence-electron chi connectivity index (χ4n) is 2.20. The lowest BCUT2D eigenvalue weighted by Crippen LogP contribution is -2.32. The molecule has 0 unspecified atom stereocenters. The standard InChI is InChI=1S/C17H18N2O5.C5H12/c1-2-6-13-9-10-14(15(20)19(13)17(22)23)18-16(21)24-11-12-7-4-3-5-8-12;1-5(2,3)4/h3-5,7-10H,2,6,11H2,1H3,(H,18,21)(H,22,23);1-4H3. The normalized spacial score (nSPS) is 10.5. The van der Waals surface area contributed by atoms with Gasteiger partial charge in [0.15, 0.2) is 0 Å². The van der Waals surface area contributed by atoms with Crippen LogP contribution in [0, 0.1) is 5.41 Å². The topological polar surface area (TPSA) is 97.6 Å². The highest BCUT2D eigenvalue weighted by atomic mass is 16.5. The summed E-state index contributed by atoms with van der Waals surface area (Å²) >= 11 is 0. The molecule has 0 aliphatic carbocycles. The molecule has 1 aromatic carbocycles. The number of carbonyl (C=O) groups is 2. The number of aromatic nitrogens is 1. The first-order valence-electron chi connectivity index (χ1n) is 9.49. The molecule has 0 aliphatic heterocycles. The van der Waals surface area contributed by atoms with Crippen LogP contribution in [0.15, 0.2) is 47.3 Å². The predicted octanol–water partition coefficient (Wildman–Crippen LogP) is 5.13. The molecule has 0 fully saturated rings. The van der Waals surface area contributed by atoms with Gasteiger partial charge in [-0.2, -0.15) is 0 Å². The number of ether oxygens (including phenoxy) is 1. The van der Waals surface area contributed by atoms with Gasteiger partial charge < -0.3 is 9.84 Å². The molecule has 0 aliphatic rings. The summed E-state index contributed by atoms with van der Waals surface area (Å²) in [5.41, 5.74) is 0.729. The Hall–Kier alpha value is -3.09. The minimum atomic E-state index is -1.38. The number of nitrogens with zero attached hydrogens (tertiary/aromatic N) is 1. The molecule has 0 saturated heterocycles. The van der Waals surface area contributed by atoms with Crippen molar-refractivity contribution in [2.75, 3.05) is 5.32 Å². The largest absolute Gasteiger partial charge is 0.464 e. The molecule has 0 spiro atoms. The van der Waals surface area contributed by atoms with Crippen molar-refractivity contribution in [1.29, 1.82) is 0 Å². The molecule has 0 atom stereocenters. The molecule has 0 saturated carbocycles. The van der Waals surface area contributed by atoms with Crippen molar-refractivity contribution in [3.63, 3.8) is 0 Å². The van der Waals surface area contributed by atoms with E-state index in [1.54, 1.807) is 12.1 Å². The Morgan fingerprint density at radius 3 is 2.17 bits per heavy atom. The number of anilines is 1. The Balaban J connectivity index is 0.000000749. The highest BCUT2D eigenvalue weighted by Gasteiger charge is 2.15. The van der Waals surface area contributed by atoms with E-state index in [1.165, 1.54) is 12.1 Å². The van der Waals surface area contributed by atoms with Crippen LogP contribution in [0.2, 0.25) is 0 Å². The summed E-state index contributed by atoms with van der Waals surface area (Å²) in [6.07, 6.45) is -1.07. The van der Waals surface area contributed by atoms with E-state index in [2.05, 4.69) is 33.0 Å². The number of hydrogen-bond donors (Lipinski definition) is 2. The van der Waals surface area contributed by atoms with Crippen LogP contribution in [0.1, 0.15) is 52.3 Å². The second-order valence-corrected chi connectivity index (χ2v) is 8.10. The number of pyridine rings is 1. The Labute approximate surface area is 171 Å². The van der Waals surface area contributed by atoms with Crippen molar-refractivity contribution in [3.8, 4) is 0 Å². The fraction of sp³-hybridized carbons (Fsp3) is 0.409. The van der Waals surface area contributed by atoms with Gasteiger partial charge in [-0.15, -0.1) is 0 Å². The zero-order valence-electron chi connectivity index (χ0n) is 17.7. The van der Waals surface area contributed by atoms with E-state index in [9.17, 15) is 19.5 Å². The van der Waals surface area contributed by atoms with Gasteiger partial charge in [-0.25, -0.2) is 14.2 Å². The molecule has 158 valence electrons. The van der Waals surface area contributed by atoms with Crippen LogP contribution < -0.4 is 10.9 Å². The molecule has 1 amide bonds. The molecule has 0 bridgehead atoms. The first-order valence-corrected chi connectivity index (χ1v) is 9.49. The highest BCUT2D eigenvalue weighted by Crippen LogP contribution is 2.09. The van der Waals surface area contributed by atoms with Gasteiger partial charge >= 0.3 is 12.2 Å². The molecular formula is C22H30N2O5. The molecule has 2 rings (SSSR count). The SMILES string of the molecule is CC(C)(C)C.CCCc1ccc(NC(=O)OCc2ccccc2)c(=O)n1C(=O)O. The van der Waals surface area contributed by atoms with E-state index >= 15 is 0 Å². The van der Waals surface area contributed by atoms with Gasteiger partial charge in [-0.1, -0.05) is 71.4 Å². The fourth-order valence-corrected chi connectivity index (χ4v) is 2.20. The number of hydrogen-bond acceptors (Lipinski definition) is 4. The maximum Gasteiger partial charge on any atom is 0.418 e. The maximum atomic E-state index is 12.2. The summed E-state index contributed by atoms with van der Waals surface area (Å²) in [4.78, 5) is 35.3. The van der Waals surface area contributed by atoms with E-state index < -0.39 is 17.7 Å². The molecule has 7 heteroatoms. The van der Waals surface area contributed by atoms with E-state index in [1.807, 2.05) is 25.1 Å². The van der Waals surface area contributed by atoms with E-state index in [-0.39, 0.29) is 12.3 Å². The predicted molar refractivity (Wildman–Crippen MR) is 113 cm³/mol. The van der Waals surface area contributed by atoms with Crippen molar-refractivity contribution in [2.45, 2.75) is 54.1 Å². The van der Waals surface area contributed by atoms with Crippen LogP contribution in [-0.4, -0.2) is 21.9 Å². The first kappa shape index (κ1) is 23.9. The lowest BCUT2D eigenvalue weighted by molar-refractivity contribution is 0.155. The number of aryl methyl sites for hydroxylation is 1. The second-order valence-electron chi connectivity index (χ2n) is 8.10. The average Bonchev–Trinajstić information content (AvgIpc) is 2.62. The average molecular weight is 402 g/mol. The Morgan fingerprint density at radius 1 is 1.07 bits per heavy atom. The number of carboxylic acid groups (broad SMARTS) is 1. The zero-order valence-corrected chi connectivity index (χ0v) is 17.7. The van der Waals surface area contributed by atoms with Crippen molar-refractivity contribution in [2.24, 2.45) is 5.41 Å². The summed E-state index contributed by atoms with van der Waals surface area (Å²) in [7, 11) is 0. The van der Waals surface area contributed by atoms with Gasteiger partial charge in [0.05, 0.1) is 0 Å². The number of carbonyl (C=O) groups excluding carboxylic acids is 1. The van der Waals surface area contributed by atoms with Crippen LogP contribution in [0.3, 0.4) is 0 Å². The third-order valence-electron chi connectivity index (χ3n) is 3.31. The molecule has 29 heavy (non-hydrogen) atoms. The maximum absolute atomic E-state index is 12.2. The number of rotatable bonds is 5. The number of nitrogens with one attached hydrogen (secondary N) is 1. The molecule has 0 radical (unpaired) electrons. The first-order chi connectivity index (χ1) is 13.5. The molecule has 7 nitrogen and oxygen atoms in total. The summed E-state index contributed by atoms with van der Waals surface area (Å²) in [6.45, 7) is 10.7. The summed E-state index contributed by atoms with van der Waals surface area (Å²) < 4.78 is 5.65. The molecule has 1 aromatic heterocycles. The second kappa shape index (κ2) is 11.0. The summed E-state index contributed by atoms with van der Waals surface area (Å²) in [6, 6.07) is 12.0. The summed E-state index contributed by atoms with van der Waals surface area (Å²) in [5.74, 6) is 0. The van der Waals surface area contributed by atoms with Gasteiger partial charge in [0.2, 0.25) is 0 Å².